The minimum absolute atomic E-state index is 0.915. The molecular formula is C31H35Zr. The molecule has 32 heavy (non-hydrogen) atoms. The van der Waals surface area contributed by atoms with Crippen molar-refractivity contribution in [1.29, 1.82) is 0 Å². The van der Waals surface area contributed by atoms with Crippen molar-refractivity contribution >= 4 is 0 Å². The number of benzene rings is 2. The first-order valence-corrected chi connectivity index (χ1v) is 17.3. The predicted octanol–water partition coefficient (Wildman–Crippen LogP) is 8.45. The first-order chi connectivity index (χ1) is 15.9. The zero-order valence-corrected chi connectivity index (χ0v) is 21.7. The Kier molecular flexibility index (Phi) is 7.55. The Morgan fingerprint density at radius 2 is 1.31 bits per heavy atom. The maximum absolute atomic E-state index is 2.50. The van der Waals surface area contributed by atoms with Crippen LogP contribution in [0.5, 0.6) is 0 Å². The van der Waals surface area contributed by atoms with Crippen LogP contribution < -0.4 is 0 Å². The Hall–Kier alpha value is -1.72. The van der Waals surface area contributed by atoms with Crippen molar-refractivity contribution in [2.24, 2.45) is 5.92 Å². The van der Waals surface area contributed by atoms with Crippen molar-refractivity contribution in [3.63, 3.8) is 0 Å². The van der Waals surface area contributed by atoms with E-state index in [2.05, 4.69) is 85.0 Å². The van der Waals surface area contributed by atoms with E-state index in [4.69, 9.17) is 0 Å². The van der Waals surface area contributed by atoms with Crippen molar-refractivity contribution in [2.45, 2.75) is 59.6 Å². The molecule has 2 aromatic carbocycles. The van der Waals surface area contributed by atoms with Gasteiger partial charge in [0.15, 0.2) is 0 Å². The average Bonchev–Trinajstić information content (AvgIpc) is 3.50. The molecule has 0 nitrogen and oxygen atoms in total. The van der Waals surface area contributed by atoms with E-state index in [0.717, 1.165) is 12.3 Å². The molecule has 1 fully saturated rings. The zero-order chi connectivity index (χ0) is 21.6. The molecule has 0 amide bonds. The zero-order valence-electron chi connectivity index (χ0n) is 19.2. The van der Waals surface area contributed by atoms with Crippen LogP contribution in [-0.2, 0) is 30.0 Å². The molecule has 5 rings (SSSR count). The molecule has 3 aliphatic carbocycles. The van der Waals surface area contributed by atoms with Gasteiger partial charge in [0, 0.05) is 0 Å². The molecule has 0 saturated heterocycles. The summed E-state index contributed by atoms with van der Waals surface area (Å²) in [5, 5.41) is 0. The van der Waals surface area contributed by atoms with Gasteiger partial charge in [0.05, 0.1) is 0 Å². The molecule has 3 aliphatic rings. The fourth-order valence-electron chi connectivity index (χ4n) is 5.81. The van der Waals surface area contributed by atoms with E-state index in [1.54, 1.807) is 16.7 Å². The third-order valence-corrected chi connectivity index (χ3v) is 14.8. The molecule has 0 atom stereocenters. The topological polar surface area (TPSA) is 0 Å². The van der Waals surface area contributed by atoms with Crippen LogP contribution in [0.4, 0.5) is 0 Å². The summed E-state index contributed by atoms with van der Waals surface area (Å²) in [6.45, 7) is 0. The fraction of sp³-hybridized carbons (Fsp3) is 0.355. The minimum atomic E-state index is -1.89. The van der Waals surface area contributed by atoms with Gasteiger partial charge < -0.3 is 0 Å². The van der Waals surface area contributed by atoms with Crippen molar-refractivity contribution in [2.75, 3.05) is 0 Å². The molecule has 0 N–H and O–H groups in total. The van der Waals surface area contributed by atoms with Crippen molar-refractivity contribution in [3.05, 3.63) is 116 Å². The second-order valence-electron chi connectivity index (χ2n) is 9.75. The molecule has 0 unspecified atom stereocenters. The Labute approximate surface area is 202 Å². The third-order valence-electron chi connectivity index (χ3n) is 7.47. The van der Waals surface area contributed by atoms with Crippen LogP contribution in [0.25, 0.3) is 0 Å². The molecule has 0 spiro atoms. The van der Waals surface area contributed by atoms with Crippen LogP contribution in [-0.4, -0.2) is 0 Å². The van der Waals surface area contributed by atoms with Gasteiger partial charge in [-0.3, -0.25) is 0 Å². The van der Waals surface area contributed by atoms with E-state index in [-0.39, 0.29) is 0 Å². The second kappa shape index (κ2) is 10.9. The van der Waals surface area contributed by atoms with Gasteiger partial charge in [-0.1, -0.05) is 0 Å². The van der Waals surface area contributed by atoms with Gasteiger partial charge >= 0.3 is 203 Å². The van der Waals surface area contributed by atoms with Gasteiger partial charge in [0.1, 0.15) is 0 Å². The number of hydrogen-bond acceptors (Lipinski definition) is 0. The first-order valence-electron chi connectivity index (χ1n) is 12.6. The van der Waals surface area contributed by atoms with Crippen molar-refractivity contribution in [3.8, 4) is 0 Å². The third kappa shape index (κ3) is 5.43. The SMILES string of the molecule is C1=CC(CC2CCCCC2)=C(C2=[C]([Zr]([CH2]c3ccccc3)[CH2]c3ccccc3)CC=C2)C1. The van der Waals surface area contributed by atoms with E-state index in [1.165, 1.54) is 64.3 Å². The Balaban J connectivity index is 1.45. The molecule has 0 bridgehead atoms. The summed E-state index contributed by atoms with van der Waals surface area (Å²) in [6.07, 6.45) is 20.7. The number of rotatable bonds is 8. The molecule has 0 aromatic heterocycles. The van der Waals surface area contributed by atoms with Gasteiger partial charge in [-0.05, 0) is 0 Å². The van der Waals surface area contributed by atoms with Gasteiger partial charge in [-0.15, -0.1) is 0 Å². The van der Waals surface area contributed by atoms with Crippen molar-refractivity contribution < 1.29 is 21.8 Å². The average molecular weight is 499 g/mol. The van der Waals surface area contributed by atoms with Crippen LogP contribution in [0.1, 0.15) is 62.5 Å². The molecule has 1 heteroatoms. The molecule has 0 radical (unpaired) electrons. The quantitative estimate of drug-likeness (QED) is 0.342. The summed E-state index contributed by atoms with van der Waals surface area (Å²) in [5.41, 5.74) is 8.08. The Bertz CT molecular complexity index is 975. The maximum atomic E-state index is 2.50. The van der Waals surface area contributed by atoms with Crippen molar-refractivity contribution in [1.82, 2.24) is 0 Å². The summed E-state index contributed by atoms with van der Waals surface area (Å²) in [5.74, 6) is 0.915. The van der Waals surface area contributed by atoms with Crippen LogP contribution >= 0.6 is 0 Å². The molecule has 0 aliphatic heterocycles. The van der Waals surface area contributed by atoms with E-state index in [0.29, 0.717) is 0 Å². The number of allylic oxidation sites excluding steroid dienone is 8. The standard InChI is InChI=1S/C17H21.2C7H7.Zr/c1-2-7-14(8-3-1)13-16-11-6-12-17(16)15-9-4-5-10-15;2*1-7-5-3-2-4-6-7;/h4,6,9,11,14H,1-3,5,7-8,12-13H2;2*2-6H,1H2;. The summed E-state index contributed by atoms with van der Waals surface area (Å²) < 4.78 is 4.49. The molecule has 2 aromatic rings. The van der Waals surface area contributed by atoms with E-state index in [9.17, 15) is 0 Å². The normalized spacial score (nSPS) is 18.8. The Morgan fingerprint density at radius 1 is 0.688 bits per heavy atom. The summed E-state index contributed by atoms with van der Waals surface area (Å²) >= 11 is -1.89. The van der Waals surface area contributed by atoms with E-state index in [1.807, 2.05) is 3.28 Å². The molecule has 163 valence electrons. The fourth-order valence-corrected chi connectivity index (χ4v) is 13.3. The van der Waals surface area contributed by atoms with Gasteiger partial charge in [-0.2, -0.15) is 0 Å². The Morgan fingerprint density at radius 3 is 1.97 bits per heavy atom. The molecule has 1 saturated carbocycles. The van der Waals surface area contributed by atoms with Crippen LogP contribution in [0.3, 0.4) is 0 Å². The predicted molar refractivity (Wildman–Crippen MR) is 133 cm³/mol. The summed E-state index contributed by atoms with van der Waals surface area (Å²) in [7, 11) is 0. The molecular weight excluding hydrogens is 464 g/mol. The van der Waals surface area contributed by atoms with Crippen LogP contribution in [0.15, 0.2) is 105 Å². The van der Waals surface area contributed by atoms with Gasteiger partial charge in [0.2, 0.25) is 0 Å². The first kappa shape index (κ1) is 22.1. The monoisotopic (exact) mass is 497 g/mol. The molecule has 0 heterocycles. The van der Waals surface area contributed by atoms with Crippen LogP contribution in [0.2, 0.25) is 0 Å². The van der Waals surface area contributed by atoms with E-state index >= 15 is 0 Å². The van der Waals surface area contributed by atoms with E-state index < -0.39 is 21.8 Å². The van der Waals surface area contributed by atoms with Gasteiger partial charge in [-0.25, -0.2) is 0 Å². The number of hydrogen-bond donors (Lipinski definition) is 0. The summed E-state index contributed by atoms with van der Waals surface area (Å²) in [6, 6.07) is 22.5. The van der Waals surface area contributed by atoms with Crippen LogP contribution in [0, 0.1) is 5.92 Å². The van der Waals surface area contributed by atoms with Gasteiger partial charge in [0.25, 0.3) is 0 Å². The summed E-state index contributed by atoms with van der Waals surface area (Å²) in [4.78, 5) is 0. The second-order valence-corrected chi connectivity index (χ2v) is 15.9.